The van der Waals surface area contributed by atoms with Crippen LogP contribution in [0.1, 0.15) is 0 Å². The van der Waals surface area contributed by atoms with Crippen LogP contribution in [0.25, 0.3) is 0 Å². The first-order chi connectivity index (χ1) is 8.42. The summed E-state index contributed by atoms with van der Waals surface area (Å²) in [5.74, 6) is 0.771. The van der Waals surface area contributed by atoms with Gasteiger partial charge in [0.1, 0.15) is 0 Å². The lowest BCUT2D eigenvalue weighted by Gasteiger charge is -2.16. The standard InChI is InChI=1S/C8H12Br4Cl2O3S/c9-7(10)5(1-13)3-16-18(15)17-4-6(2-14)8(11)12/h5-8H,1-4H2. The van der Waals surface area contributed by atoms with Crippen molar-refractivity contribution in [1.29, 1.82) is 0 Å². The maximum Gasteiger partial charge on any atom is 0.304 e. The topological polar surface area (TPSA) is 35.5 Å². The lowest BCUT2D eigenvalue weighted by Crippen LogP contribution is -2.22. The Balaban J connectivity index is 3.90. The van der Waals surface area contributed by atoms with Gasteiger partial charge in [0.05, 0.1) is 20.7 Å². The third kappa shape index (κ3) is 9.50. The molecule has 0 aliphatic heterocycles. The summed E-state index contributed by atoms with van der Waals surface area (Å²) in [6.07, 6.45) is 0. The lowest BCUT2D eigenvalue weighted by atomic mass is 10.2. The Bertz CT molecular complexity index is 226. The van der Waals surface area contributed by atoms with Gasteiger partial charge in [0.2, 0.25) is 0 Å². The molecule has 110 valence electrons. The molecule has 0 N–H and O–H groups in total. The van der Waals surface area contributed by atoms with Crippen LogP contribution < -0.4 is 0 Å². The predicted octanol–water partition coefficient (Wildman–Crippen LogP) is 4.54. The van der Waals surface area contributed by atoms with Gasteiger partial charge in [-0.15, -0.1) is 23.2 Å². The largest absolute Gasteiger partial charge is 0.304 e. The van der Waals surface area contributed by atoms with E-state index in [4.69, 9.17) is 31.6 Å². The molecular weight excluding hydrogens is 567 g/mol. The summed E-state index contributed by atoms with van der Waals surface area (Å²) in [5.41, 5.74) is 0. The molecule has 2 unspecified atom stereocenters. The minimum atomic E-state index is -1.80. The molecule has 0 amide bonds. The summed E-state index contributed by atoms with van der Waals surface area (Å²) in [7, 11) is 0. The Morgan fingerprint density at radius 3 is 1.44 bits per heavy atom. The third-order valence-corrected chi connectivity index (χ3v) is 6.31. The first-order valence-electron chi connectivity index (χ1n) is 4.78. The normalized spacial score (nSPS) is 17.1. The fourth-order valence-electron chi connectivity index (χ4n) is 0.689. The molecule has 0 aromatic rings. The molecule has 0 saturated heterocycles. The van der Waals surface area contributed by atoms with Crippen LogP contribution in [0.4, 0.5) is 0 Å². The van der Waals surface area contributed by atoms with Gasteiger partial charge in [-0.25, -0.2) is 0 Å². The van der Waals surface area contributed by atoms with E-state index in [2.05, 4.69) is 63.7 Å². The quantitative estimate of drug-likeness (QED) is 0.357. The monoisotopic (exact) mass is 574 g/mol. The zero-order valence-electron chi connectivity index (χ0n) is 9.04. The number of hydrogen-bond donors (Lipinski definition) is 0. The minimum absolute atomic E-state index is 0.00291. The van der Waals surface area contributed by atoms with Crippen molar-refractivity contribution >= 4 is 98.3 Å². The number of halogens is 6. The van der Waals surface area contributed by atoms with Gasteiger partial charge in [-0.05, 0) is 0 Å². The summed E-state index contributed by atoms with van der Waals surface area (Å²) in [5, 5.41) is 0. The molecule has 0 aliphatic carbocycles. The molecule has 3 nitrogen and oxygen atoms in total. The minimum Gasteiger partial charge on any atom is -0.268 e. The predicted molar refractivity (Wildman–Crippen MR) is 91.8 cm³/mol. The Hall–Kier alpha value is 2.57. The van der Waals surface area contributed by atoms with Crippen molar-refractivity contribution in [2.75, 3.05) is 25.0 Å². The number of alkyl halides is 6. The first-order valence-corrected chi connectivity index (χ1v) is 10.5. The summed E-state index contributed by atoms with van der Waals surface area (Å²) >= 11 is 23.0. The van der Waals surface area contributed by atoms with Crippen molar-refractivity contribution in [2.24, 2.45) is 11.8 Å². The summed E-state index contributed by atoms with van der Waals surface area (Å²) in [6, 6.07) is 0. The van der Waals surface area contributed by atoms with E-state index in [0.717, 1.165) is 0 Å². The van der Waals surface area contributed by atoms with Crippen molar-refractivity contribution in [3.8, 4) is 0 Å². The van der Waals surface area contributed by atoms with E-state index in [0.29, 0.717) is 11.8 Å². The van der Waals surface area contributed by atoms with E-state index in [1.807, 2.05) is 0 Å². The highest BCUT2D eigenvalue weighted by atomic mass is 79.9. The molecule has 0 bridgehead atoms. The van der Waals surface area contributed by atoms with Crippen molar-refractivity contribution < 1.29 is 12.6 Å². The van der Waals surface area contributed by atoms with Crippen LogP contribution in [0.5, 0.6) is 0 Å². The Kier molecular flexibility index (Phi) is 13.9. The molecule has 0 aliphatic rings. The maximum atomic E-state index is 11.4. The van der Waals surface area contributed by atoms with Crippen molar-refractivity contribution in [1.82, 2.24) is 0 Å². The van der Waals surface area contributed by atoms with Gasteiger partial charge in [0.15, 0.2) is 0 Å². The molecule has 2 atom stereocenters. The highest BCUT2D eigenvalue weighted by Gasteiger charge is 2.19. The number of rotatable bonds is 10. The van der Waals surface area contributed by atoms with Crippen molar-refractivity contribution in [3.05, 3.63) is 0 Å². The van der Waals surface area contributed by atoms with Gasteiger partial charge in [0, 0.05) is 23.6 Å². The zero-order valence-corrected chi connectivity index (χ0v) is 17.7. The van der Waals surface area contributed by atoms with Gasteiger partial charge in [-0.2, -0.15) is 4.21 Å². The van der Waals surface area contributed by atoms with E-state index < -0.39 is 11.4 Å². The molecule has 0 radical (unpaired) electrons. The molecule has 0 saturated carbocycles. The fraction of sp³-hybridized carbons (Fsp3) is 1.00. The molecular formula is C8H12Br4Cl2O3S. The SMILES string of the molecule is O=S(OCC(CCl)C(Br)Br)OCC(CCl)C(Br)Br. The fourth-order valence-corrected chi connectivity index (χ4v) is 4.08. The second-order valence-electron chi connectivity index (χ2n) is 3.27. The van der Waals surface area contributed by atoms with Crippen molar-refractivity contribution in [2.45, 2.75) is 7.47 Å². The van der Waals surface area contributed by atoms with Gasteiger partial charge in [0.25, 0.3) is 0 Å². The Morgan fingerprint density at radius 2 is 1.22 bits per heavy atom. The van der Waals surface area contributed by atoms with E-state index in [1.165, 1.54) is 0 Å². The Morgan fingerprint density at radius 1 is 0.889 bits per heavy atom. The highest BCUT2D eigenvalue weighted by molar-refractivity contribution is 9.25. The van der Waals surface area contributed by atoms with Crippen molar-refractivity contribution in [3.63, 3.8) is 0 Å². The average Bonchev–Trinajstić information content (AvgIpc) is 2.29. The zero-order chi connectivity index (χ0) is 14.1. The first kappa shape index (κ1) is 20.6. The molecule has 0 aromatic carbocycles. The van der Waals surface area contributed by atoms with Crippen LogP contribution in [-0.4, -0.2) is 36.7 Å². The second kappa shape index (κ2) is 12.1. The molecule has 18 heavy (non-hydrogen) atoms. The smallest absolute Gasteiger partial charge is 0.268 e. The molecule has 0 spiro atoms. The van der Waals surface area contributed by atoms with Crippen LogP contribution >= 0.6 is 86.9 Å². The van der Waals surface area contributed by atoms with E-state index in [-0.39, 0.29) is 32.5 Å². The van der Waals surface area contributed by atoms with E-state index in [9.17, 15) is 4.21 Å². The molecule has 0 rings (SSSR count). The van der Waals surface area contributed by atoms with E-state index in [1.54, 1.807) is 0 Å². The van der Waals surface area contributed by atoms with Crippen LogP contribution in [0.15, 0.2) is 0 Å². The van der Waals surface area contributed by atoms with Crippen LogP contribution in [0.3, 0.4) is 0 Å². The summed E-state index contributed by atoms with van der Waals surface area (Å²) in [4.78, 5) is 0. The van der Waals surface area contributed by atoms with Crippen LogP contribution in [-0.2, 0) is 19.7 Å². The average molecular weight is 579 g/mol. The van der Waals surface area contributed by atoms with Gasteiger partial charge < -0.3 is 0 Å². The van der Waals surface area contributed by atoms with Crippen LogP contribution in [0.2, 0.25) is 0 Å². The molecule has 10 heteroatoms. The molecule has 0 heterocycles. The second-order valence-corrected chi connectivity index (χ2v) is 11.2. The lowest BCUT2D eigenvalue weighted by molar-refractivity contribution is 0.213. The van der Waals surface area contributed by atoms with Crippen LogP contribution in [0, 0.1) is 11.8 Å². The summed E-state index contributed by atoms with van der Waals surface area (Å²) < 4.78 is 21.6. The maximum absolute atomic E-state index is 11.4. The summed E-state index contributed by atoms with van der Waals surface area (Å²) in [6.45, 7) is 0.462. The van der Waals surface area contributed by atoms with E-state index >= 15 is 0 Å². The third-order valence-electron chi connectivity index (χ3n) is 1.87. The Labute approximate surface area is 153 Å². The van der Waals surface area contributed by atoms with Gasteiger partial charge in [-0.1, -0.05) is 63.7 Å². The highest BCUT2D eigenvalue weighted by Crippen LogP contribution is 2.23. The van der Waals surface area contributed by atoms with Gasteiger partial charge >= 0.3 is 11.4 Å². The number of hydrogen-bond acceptors (Lipinski definition) is 3. The van der Waals surface area contributed by atoms with Gasteiger partial charge in [-0.3, -0.25) is 8.37 Å². The molecule has 0 fully saturated rings. The molecule has 0 aromatic heterocycles.